The number of ketones is 1. The normalized spacial score (nSPS) is 12.6. The Balaban J connectivity index is 1.66. The van der Waals surface area contributed by atoms with Gasteiger partial charge in [-0.2, -0.15) is 13.5 Å². The zero-order valence-electron chi connectivity index (χ0n) is 14.5. The molecule has 0 saturated heterocycles. The topological polar surface area (TPSA) is 115 Å². The van der Waals surface area contributed by atoms with Crippen LogP contribution in [0.1, 0.15) is 17.3 Å². The molecule has 1 heterocycles. The molecule has 0 spiro atoms. The predicted octanol–water partition coefficient (Wildman–Crippen LogP) is 2.55. The van der Waals surface area contributed by atoms with Gasteiger partial charge in [-0.05, 0) is 25.1 Å². The highest BCUT2D eigenvalue weighted by molar-refractivity contribution is 9.10. The summed E-state index contributed by atoms with van der Waals surface area (Å²) in [5, 5.41) is 0. The highest BCUT2D eigenvalue weighted by atomic mass is 79.9. The Hall–Kier alpha value is -2.21. The molecular weight excluding hydrogens is 470 g/mol. The quantitative estimate of drug-likeness (QED) is 0.405. The van der Waals surface area contributed by atoms with Crippen LogP contribution in [0.2, 0.25) is 0 Å². The monoisotopic (exact) mass is 483 g/mol. The molecule has 1 N–H and O–H groups in total. The number of Topliss-reactive ketones (excluding diaryl/α,β-unsaturated/α-hetero) is 1. The molecule has 0 fully saturated rings. The number of carbonyl (C=O) groups is 2. The van der Waals surface area contributed by atoms with Gasteiger partial charge >= 0.3 is 5.97 Å². The van der Waals surface area contributed by atoms with E-state index in [0.717, 1.165) is 11.7 Å². The summed E-state index contributed by atoms with van der Waals surface area (Å²) >= 11 is 4.15. The van der Waals surface area contributed by atoms with Gasteiger partial charge in [0.15, 0.2) is 6.61 Å². The Morgan fingerprint density at radius 2 is 1.93 bits per heavy atom. The summed E-state index contributed by atoms with van der Waals surface area (Å²) in [5.41, 5.74) is 1.04. The summed E-state index contributed by atoms with van der Waals surface area (Å²) in [4.78, 5) is 24.2. The van der Waals surface area contributed by atoms with Crippen molar-refractivity contribution in [2.45, 2.75) is 17.9 Å². The van der Waals surface area contributed by atoms with Crippen LogP contribution in [0.15, 0.2) is 51.8 Å². The Labute approximate surface area is 173 Å². The standard InChI is InChI=1S/C17H14BrN3O5S2/c1-10(17(23)26-9-14(22)11-5-2-3-6-12(11)18)21-28(24,25)15-8-4-7-13-16(15)20-27-19-13/h2-8,10,21H,9H2,1H3. The first kappa shape index (κ1) is 20.5. The van der Waals surface area contributed by atoms with Gasteiger partial charge in [0, 0.05) is 10.0 Å². The molecule has 3 rings (SSSR count). The van der Waals surface area contributed by atoms with E-state index in [1.165, 1.54) is 19.1 Å². The van der Waals surface area contributed by atoms with Gasteiger partial charge in [-0.25, -0.2) is 8.42 Å². The van der Waals surface area contributed by atoms with Crippen molar-refractivity contribution >= 4 is 60.5 Å². The number of halogens is 1. The molecule has 0 aliphatic carbocycles. The second kappa shape index (κ2) is 8.43. The smallest absolute Gasteiger partial charge is 0.324 e. The van der Waals surface area contributed by atoms with E-state index >= 15 is 0 Å². The summed E-state index contributed by atoms with van der Waals surface area (Å²) in [7, 11) is -4.04. The van der Waals surface area contributed by atoms with E-state index in [0.29, 0.717) is 15.6 Å². The first-order valence-electron chi connectivity index (χ1n) is 7.97. The Morgan fingerprint density at radius 3 is 2.68 bits per heavy atom. The third-order valence-corrected chi connectivity index (χ3v) is 6.55. The van der Waals surface area contributed by atoms with Crippen molar-refractivity contribution in [3.63, 3.8) is 0 Å². The predicted molar refractivity (Wildman–Crippen MR) is 107 cm³/mol. The second-order valence-electron chi connectivity index (χ2n) is 5.74. The van der Waals surface area contributed by atoms with E-state index in [9.17, 15) is 18.0 Å². The fourth-order valence-corrected chi connectivity index (χ4v) is 4.83. The summed E-state index contributed by atoms with van der Waals surface area (Å²) in [6, 6.07) is 10.1. The lowest BCUT2D eigenvalue weighted by Crippen LogP contribution is -2.40. The molecule has 1 unspecified atom stereocenters. The molecule has 0 aliphatic rings. The lowest BCUT2D eigenvalue weighted by atomic mass is 10.1. The fourth-order valence-electron chi connectivity index (χ4n) is 2.37. The Morgan fingerprint density at radius 1 is 1.18 bits per heavy atom. The number of carbonyl (C=O) groups excluding carboxylic acids is 2. The molecule has 146 valence electrons. The fraction of sp³-hybridized carbons (Fsp3) is 0.176. The molecule has 8 nitrogen and oxygen atoms in total. The summed E-state index contributed by atoms with van der Waals surface area (Å²) in [6.45, 7) is 0.835. The number of fused-ring (bicyclic) bond motifs is 1. The van der Waals surface area contributed by atoms with Crippen molar-refractivity contribution in [3.05, 3.63) is 52.5 Å². The minimum absolute atomic E-state index is 0.0808. The van der Waals surface area contributed by atoms with Crippen molar-refractivity contribution in [2.75, 3.05) is 6.61 Å². The number of sulfonamides is 1. The lowest BCUT2D eigenvalue weighted by molar-refractivity contribution is -0.144. The third-order valence-electron chi connectivity index (χ3n) is 3.74. The lowest BCUT2D eigenvalue weighted by Gasteiger charge is -2.14. The number of hydrogen-bond acceptors (Lipinski definition) is 8. The van der Waals surface area contributed by atoms with E-state index in [-0.39, 0.29) is 10.4 Å². The van der Waals surface area contributed by atoms with Crippen LogP contribution in [0.4, 0.5) is 0 Å². The van der Waals surface area contributed by atoms with Gasteiger partial charge in [0.2, 0.25) is 15.8 Å². The average molecular weight is 484 g/mol. The minimum Gasteiger partial charge on any atom is -0.456 e. The van der Waals surface area contributed by atoms with E-state index in [1.54, 1.807) is 30.3 Å². The molecule has 3 aromatic rings. The zero-order chi connectivity index (χ0) is 20.3. The number of ether oxygens (including phenoxy) is 1. The largest absolute Gasteiger partial charge is 0.456 e. The number of esters is 1. The number of rotatable bonds is 7. The zero-order valence-corrected chi connectivity index (χ0v) is 17.7. The van der Waals surface area contributed by atoms with E-state index in [4.69, 9.17) is 4.74 Å². The van der Waals surface area contributed by atoms with Crippen LogP contribution in [0, 0.1) is 0 Å². The molecular formula is C17H14BrN3O5S2. The van der Waals surface area contributed by atoms with Gasteiger partial charge in [-0.15, -0.1) is 0 Å². The SMILES string of the molecule is CC(NS(=O)(=O)c1cccc2nsnc12)C(=O)OCC(=O)c1ccccc1Br. The molecule has 1 atom stereocenters. The van der Waals surface area contributed by atoms with Crippen molar-refractivity contribution in [2.24, 2.45) is 0 Å². The number of hydrogen-bond donors (Lipinski definition) is 1. The molecule has 2 aromatic carbocycles. The van der Waals surface area contributed by atoms with E-state index in [1.807, 2.05) is 0 Å². The average Bonchev–Trinajstić information content (AvgIpc) is 3.14. The first-order chi connectivity index (χ1) is 13.3. The van der Waals surface area contributed by atoms with Crippen LogP contribution in [-0.4, -0.2) is 41.6 Å². The highest BCUT2D eigenvalue weighted by Crippen LogP contribution is 2.21. The van der Waals surface area contributed by atoms with Crippen LogP contribution < -0.4 is 4.72 Å². The maximum atomic E-state index is 12.6. The first-order valence-corrected chi connectivity index (χ1v) is 11.0. The summed E-state index contributed by atoms with van der Waals surface area (Å²) in [5.74, 6) is -1.28. The molecule has 0 amide bonds. The molecule has 0 aliphatic heterocycles. The van der Waals surface area contributed by atoms with Crippen molar-refractivity contribution in [1.82, 2.24) is 13.5 Å². The van der Waals surface area contributed by atoms with Crippen LogP contribution in [0.3, 0.4) is 0 Å². The van der Waals surface area contributed by atoms with Gasteiger partial charge < -0.3 is 4.74 Å². The molecule has 1 aromatic heterocycles. The minimum atomic E-state index is -4.04. The molecule has 0 saturated carbocycles. The van der Waals surface area contributed by atoms with Gasteiger partial charge in [0.25, 0.3) is 0 Å². The number of benzene rings is 2. The van der Waals surface area contributed by atoms with Crippen molar-refractivity contribution < 1.29 is 22.7 Å². The van der Waals surface area contributed by atoms with Crippen LogP contribution in [0.25, 0.3) is 11.0 Å². The molecule has 0 bridgehead atoms. The van der Waals surface area contributed by atoms with E-state index in [2.05, 4.69) is 29.4 Å². The van der Waals surface area contributed by atoms with Crippen LogP contribution >= 0.6 is 27.7 Å². The van der Waals surface area contributed by atoms with Gasteiger partial charge in [0.05, 0.1) is 11.7 Å². The van der Waals surface area contributed by atoms with Crippen molar-refractivity contribution in [3.8, 4) is 0 Å². The van der Waals surface area contributed by atoms with Gasteiger partial charge in [-0.1, -0.05) is 40.2 Å². The maximum Gasteiger partial charge on any atom is 0.324 e. The van der Waals surface area contributed by atoms with Gasteiger partial charge in [-0.3, -0.25) is 9.59 Å². The summed E-state index contributed by atoms with van der Waals surface area (Å²) in [6.07, 6.45) is 0. The molecule has 11 heteroatoms. The Kier molecular flexibility index (Phi) is 6.18. The van der Waals surface area contributed by atoms with Gasteiger partial charge in [0.1, 0.15) is 22.0 Å². The van der Waals surface area contributed by atoms with Crippen molar-refractivity contribution in [1.29, 1.82) is 0 Å². The highest BCUT2D eigenvalue weighted by Gasteiger charge is 2.26. The maximum absolute atomic E-state index is 12.6. The molecule has 0 radical (unpaired) electrons. The molecule has 28 heavy (non-hydrogen) atoms. The number of nitrogens with zero attached hydrogens (tertiary/aromatic N) is 2. The number of nitrogens with one attached hydrogen (secondary N) is 1. The van der Waals surface area contributed by atoms with Crippen LogP contribution in [0.5, 0.6) is 0 Å². The van der Waals surface area contributed by atoms with E-state index < -0.39 is 34.4 Å². The third kappa shape index (κ3) is 4.43. The number of aromatic nitrogens is 2. The van der Waals surface area contributed by atoms with Crippen LogP contribution in [-0.2, 0) is 19.6 Å². The Bertz CT molecular complexity index is 1150. The second-order valence-corrected chi connectivity index (χ2v) is 8.81. The summed E-state index contributed by atoms with van der Waals surface area (Å²) < 4.78 is 41.0.